The van der Waals surface area contributed by atoms with Crippen molar-refractivity contribution < 1.29 is 34.1 Å². The first-order valence-electron chi connectivity index (χ1n) is 9.73. The topological polar surface area (TPSA) is 149 Å². The zero-order chi connectivity index (χ0) is 23.8. The van der Waals surface area contributed by atoms with Crippen LogP contribution in [0.4, 0.5) is 9.59 Å². The first-order chi connectivity index (χ1) is 14.1. The highest BCUT2D eigenvalue weighted by Gasteiger charge is 2.58. The van der Waals surface area contributed by atoms with Gasteiger partial charge in [-0.25, -0.2) is 14.4 Å². The van der Waals surface area contributed by atoms with Crippen molar-refractivity contribution >= 4 is 24.0 Å². The maximum Gasteiger partial charge on any atom is 0.411 e. The molecule has 10 heteroatoms. The molecule has 1 aliphatic heterocycles. The van der Waals surface area contributed by atoms with Crippen molar-refractivity contribution in [3.05, 3.63) is 29.3 Å². The van der Waals surface area contributed by atoms with Crippen molar-refractivity contribution in [3.63, 3.8) is 0 Å². The number of hydrogen-bond acceptors (Lipinski definition) is 7. The fourth-order valence-corrected chi connectivity index (χ4v) is 3.35. The van der Waals surface area contributed by atoms with Gasteiger partial charge < -0.3 is 19.7 Å². The molecule has 0 aliphatic carbocycles. The maximum atomic E-state index is 13.6. The monoisotopic (exact) mass is 435 g/mol. The largest absolute Gasteiger partial charge is 0.508 e. The minimum absolute atomic E-state index is 0.0460. The van der Waals surface area contributed by atoms with Gasteiger partial charge in [0, 0.05) is 12.1 Å². The number of aromatic hydroxyl groups is 1. The Kier molecular flexibility index (Phi) is 6.25. The maximum absolute atomic E-state index is 13.6. The highest BCUT2D eigenvalue weighted by Crippen LogP contribution is 2.41. The summed E-state index contributed by atoms with van der Waals surface area (Å²) in [6.45, 7) is 9.71. The minimum Gasteiger partial charge on any atom is -0.508 e. The predicted octanol–water partition coefficient (Wildman–Crippen LogP) is 2.97. The quantitative estimate of drug-likeness (QED) is 0.317. The van der Waals surface area contributed by atoms with E-state index in [0.717, 1.165) is 4.90 Å². The van der Waals surface area contributed by atoms with Gasteiger partial charge in [-0.05, 0) is 65.7 Å². The van der Waals surface area contributed by atoms with Crippen molar-refractivity contribution in [3.8, 4) is 5.75 Å². The Morgan fingerprint density at radius 1 is 1.10 bits per heavy atom. The number of fused-ring (bicyclic) bond motifs is 1. The highest BCUT2D eigenvalue weighted by molar-refractivity contribution is 6.15. The molecule has 0 saturated carbocycles. The van der Waals surface area contributed by atoms with E-state index in [9.17, 15) is 24.6 Å². The van der Waals surface area contributed by atoms with Crippen LogP contribution in [-0.2, 0) is 26.2 Å². The molecule has 170 valence electrons. The summed E-state index contributed by atoms with van der Waals surface area (Å²) in [5.41, 5.74) is -3.61. The van der Waals surface area contributed by atoms with Crippen LogP contribution in [0.15, 0.2) is 18.2 Å². The molecule has 0 radical (unpaired) electrons. The van der Waals surface area contributed by atoms with Crippen molar-refractivity contribution in [2.75, 3.05) is 6.54 Å². The van der Waals surface area contributed by atoms with Crippen LogP contribution in [0, 0.1) is 5.41 Å². The van der Waals surface area contributed by atoms with Crippen LogP contribution in [0.3, 0.4) is 0 Å². The number of nitrogens with zero attached hydrogens (tertiary/aromatic N) is 1. The number of phenols is 1. The molecule has 0 spiro atoms. The zero-order valence-electron chi connectivity index (χ0n) is 18.5. The lowest BCUT2D eigenvalue weighted by molar-refractivity contribution is -0.166. The third-order valence-corrected chi connectivity index (χ3v) is 4.39. The smallest absolute Gasteiger partial charge is 0.411 e. The number of hydrogen-bond donors (Lipinski definition) is 4. The summed E-state index contributed by atoms with van der Waals surface area (Å²) in [4.78, 5) is 39.1. The van der Waals surface area contributed by atoms with Gasteiger partial charge in [0.05, 0.1) is 0 Å². The number of carbonyl (C=O) groups is 3. The molecular weight excluding hydrogens is 406 g/mol. The van der Waals surface area contributed by atoms with Gasteiger partial charge in [-0.1, -0.05) is 6.07 Å². The minimum atomic E-state index is -2.31. The van der Waals surface area contributed by atoms with Gasteiger partial charge in [-0.2, -0.15) is 0 Å². The Hall–Kier alpha value is -3.30. The third-order valence-electron chi connectivity index (χ3n) is 4.39. The number of esters is 1. The van der Waals surface area contributed by atoms with Gasteiger partial charge >= 0.3 is 18.2 Å². The van der Waals surface area contributed by atoms with Gasteiger partial charge in [0.1, 0.15) is 22.8 Å². The number of rotatable bonds is 2. The molecule has 31 heavy (non-hydrogen) atoms. The van der Waals surface area contributed by atoms with E-state index >= 15 is 0 Å². The second kappa shape index (κ2) is 8.09. The molecule has 1 aromatic rings. The van der Waals surface area contributed by atoms with Crippen molar-refractivity contribution in [1.29, 1.82) is 5.41 Å². The molecule has 1 aliphatic rings. The molecule has 10 nitrogen and oxygen atoms in total. The Morgan fingerprint density at radius 2 is 1.68 bits per heavy atom. The normalized spacial score (nSPS) is 18.6. The molecule has 1 aromatic carbocycles. The molecule has 4 N–H and O–H groups in total. The standard InChI is InChI=1S/C21H29N3O7/c1-19(2,3)30-16(26)21(15(22)23-17(27)28)14-11-13(25)8-7-12(14)9-10-24(21)18(29)31-20(4,5)6/h7-8,11,25H,9-10H2,1-6H3,(H2,22,23)(H,27,28). The van der Waals surface area contributed by atoms with E-state index in [0.29, 0.717) is 12.0 Å². The lowest BCUT2D eigenvalue weighted by Gasteiger charge is -2.46. The van der Waals surface area contributed by atoms with Crippen LogP contribution < -0.4 is 5.32 Å². The summed E-state index contributed by atoms with van der Waals surface area (Å²) in [5.74, 6) is -2.08. The molecule has 0 aromatic heterocycles. The summed E-state index contributed by atoms with van der Waals surface area (Å²) in [6.07, 6.45) is -2.23. The van der Waals surface area contributed by atoms with Crippen LogP contribution >= 0.6 is 0 Å². The Balaban J connectivity index is 2.82. The molecule has 0 fully saturated rings. The Labute approximate surface area is 180 Å². The number of nitrogens with one attached hydrogen (secondary N) is 2. The molecule has 2 amide bonds. The number of benzene rings is 1. The fraction of sp³-hybridized carbons (Fsp3) is 0.524. The van der Waals surface area contributed by atoms with E-state index in [-0.39, 0.29) is 17.9 Å². The van der Waals surface area contributed by atoms with Crippen LogP contribution in [0.2, 0.25) is 0 Å². The van der Waals surface area contributed by atoms with Gasteiger partial charge in [-0.3, -0.25) is 15.6 Å². The van der Waals surface area contributed by atoms with Crippen LogP contribution in [0.1, 0.15) is 52.7 Å². The molecule has 1 atom stereocenters. The number of phenolic OH excluding ortho intramolecular Hbond substituents is 1. The highest BCUT2D eigenvalue weighted by atomic mass is 16.6. The molecular formula is C21H29N3O7. The van der Waals surface area contributed by atoms with Crippen molar-refractivity contribution in [1.82, 2.24) is 10.2 Å². The lowest BCUT2D eigenvalue weighted by atomic mass is 9.79. The Morgan fingerprint density at radius 3 is 2.19 bits per heavy atom. The van der Waals surface area contributed by atoms with Crippen LogP contribution in [-0.4, -0.2) is 56.9 Å². The van der Waals surface area contributed by atoms with Gasteiger partial charge in [0.2, 0.25) is 5.54 Å². The second-order valence-corrected chi connectivity index (χ2v) is 9.24. The fourth-order valence-electron chi connectivity index (χ4n) is 3.35. The van der Waals surface area contributed by atoms with E-state index in [1.807, 2.05) is 5.32 Å². The molecule has 0 saturated heterocycles. The van der Waals surface area contributed by atoms with Crippen LogP contribution in [0.5, 0.6) is 5.75 Å². The number of amidine groups is 1. The summed E-state index contributed by atoms with van der Waals surface area (Å²) in [6, 6.07) is 4.20. The Bertz CT molecular complexity index is 915. The average molecular weight is 435 g/mol. The average Bonchev–Trinajstić information content (AvgIpc) is 2.56. The number of amides is 2. The predicted molar refractivity (Wildman–Crippen MR) is 111 cm³/mol. The van der Waals surface area contributed by atoms with E-state index < -0.39 is 40.7 Å². The van der Waals surface area contributed by atoms with Gasteiger partial charge in [0.15, 0.2) is 0 Å². The van der Waals surface area contributed by atoms with Crippen LogP contribution in [0.25, 0.3) is 0 Å². The lowest BCUT2D eigenvalue weighted by Crippen LogP contribution is -2.67. The van der Waals surface area contributed by atoms with E-state index in [1.165, 1.54) is 12.1 Å². The summed E-state index contributed by atoms with van der Waals surface area (Å²) >= 11 is 0. The van der Waals surface area contributed by atoms with Gasteiger partial charge in [-0.15, -0.1) is 0 Å². The van der Waals surface area contributed by atoms with Gasteiger partial charge in [0.25, 0.3) is 0 Å². The second-order valence-electron chi connectivity index (χ2n) is 9.24. The van der Waals surface area contributed by atoms with E-state index in [2.05, 4.69) is 0 Å². The van der Waals surface area contributed by atoms with Crippen molar-refractivity contribution in [2.24, 2.45) is 0 Å². The van der Waals surface area contributed by atoms with E-state index in [1.54, 1.807) is 47.6 Å². The van der Waals surface area contributed by atoms with E-state index in [4.69, 9.17) is 14.9 Å². The SMILES string of the molecule is CC(C)(C)OC(=O)N1CCc2ccc(O)cc2C1(C(=N)NC(=O)O)C(=O)OC(C)(C)C. The summed E-state index contributed by atoms with van der Waals surface area (Å²) in [5, 5.41) is 29.8. The zero-order valence-corrected chi connectivity index (χ0v) is 18.5. The summed E-state index contributed by atoms with van der Waals surface area (Å²) in [7, 11) is 0. The first kappa shape index (κ1) is 24.0. The molecule has 1 heterocycles. The third kappa shape index (κ3) is 5.07. The molecule has 0 bridgehead atoms. The molecule has 2 rings (SSSR count). The number of ether oxygens (including phenoxy) is 2. The number of carboxylic acid groups (broad SMARTS) is 1. The first-order valence-corrected chi connectivity index (χ1v) is 9.73. The molecule has 1 unspecified atom stereocenters. The summed E-state index contributed by atoms with van der Waals surface area (Å²) < 4.78 is 11.0. The number of carbonyl (C=O) groups excluding carboxylic acids is 2. The van der Waals surface area contributed by atoms with Crippen molar-refractivity contribution in [2.45, 2.75) is 64.7 Å².